The lowest BCUT2D eigenvalue weighted by Crippen LogP contribution is -2.47. The van der Waals surface area contributed by atoms with Crippen molar-refractivity contribution >= 4 is 22.2 Å². The summed E-state index contributed by atoms with van der Waals surface area (Å²) >= 11 is 0. The first-order valence-corrected chi connectivity index (χ1v) is 9.22. The molecule has 1 amide bonds. The molecule has 0 aliphatic carbocycles. The molecule has 0 bridgehead atoms. The summed E-state index contributed by atoms with van der Waals surface area (Å²) in [4.78, 5) is 22.2. The van der Waals surface area contributed by atoms with Gasteiger partial charge in [0.15, 0.2) is 6.04 Å². The molecule has 0 unspecified atom stereocenters. The zero-order valence-corrected chi connectivity index (χ0v) is 15.4. The first-order valence-electron chi connectivity index (χ1n) is 7.78. The maximum absolute atomic E-state index is 12.5. The van der Waals surface area contributed by atoms with Gasteiger partial charge in [-0.2, -0.15) is 4.31 Å². The third-order valence-electron chi connectivity index (χ3n) is 3.77. The van der Waals surface area contributed by atoms with Crippen LogP contribution in [0.3, 0.4) is 0 Å². The maximum atomic E-state index is 12.5. The van der Waals surface area contributed by atoms with E-state index in [1.807, 2.05) is 31.2 Å². The number of hydroxylamine groups is 1. The molecule has 0 heterocycles. The average molecular weight is 385 g/mol. The highest BCUT2D eigenvalue weighted by Gasteiger charge is 2.33. The van der Waals surface area contributed by atoms with E-state index in [2.05, 4.69) is 11.8 Å². The van der Waals surface area contributed by atoms with E-state index in [0.29, 0.717) is 9.87 Å². The van der Waals surface area contributed by atoms with Gasteiger partial charge in [0.25, 0.3) is 5.91 Å². The molecule has 27 heavy (non-hydrogen) atoms. The van der Waals surface area contributed by atoms with E-state index < -0.39 is 22.0 Å². The predicted molar refractivity (Wildman–Crippen MR) is 98.0 cm³/mol. The summed E-state index contributed by atoms with van der Waals surface area (Å²) in [6.45, 7) is 1.98. The Balaban J connectivity index is 2.24. The molecule has 0 fully saturated rings. The molecule has 0 saturated heterocycles. The zero-order valence-electron chi connectivity index (χ0n) is 14.6. The third kappa shape index (κ3) is 4.80. The lowest BCUT2D eigenvalue weighted by Gasteiger charge is -2.20. The molecule has 0 aliphatic rings. The Bertz CT molecular complexity index is 987. The number of carbonyl (C=O) groups excluding carboxylic acids is 2. The van der Waals surface area contributed by atoms with Gasteiger partial charge in [-0.3, -0.25) is 14.8 Å². The van der Waals surface area contributed by atoms with Crippen molar-refractivity contribution in [3.8, 4) is 11.8 Å². The number of hydrogen-bond acceptors (Lipinski definition) is 5. The van der Waals surface area contributed by atoms with Crippen molar-refractivity contribution in [1.82, 2.24) is 9.79 Å². The molecule has 0 aromatic heterocycles. The summed E-state index contributed by atoms with van der Waals surface area (Å²) in [6.07, 6.45) is 1.28. The average Bonchev–Trinajstić information content (AvgIpc) is 2.68. The van der Waals surface area contributed by atoms with Gasteiger partial charge in [-0.25, -0.2) is 13.9 Å². The second-order valence-electron chi connectivity index (χ2n) is 5.66. The van der Waals surface area contributed by atoms with Gasteiger partial charge in [-0.15, -0.1) is 0 Å². The molecule has 0 aliphatic heterocycles. The number of amides is 1. The van der Waals surface area contributed by atoms with Crippen molar-refractivity contribution in [2.75, 3.05) is 7.05 Å². The van der Waals surface area contributed by atoms with Gasteiger partial charge in [0.05, 0.1) is 4.90 Å². The molecular formula is C19H17N2O5S. The van der Waals surface area contributed by atoms with Crippen LogP contribution in [-0.4, -0.2) is 43.2 Å². The van der Waals surface area contributed by atoms with E-state index in [9.17, 15) is 18.0 Å². The highest BCUT2D eigenvalue weighted by molar-refractivity contribution is 7.89. The minimum Gasteiger partial charge on any atom is -0.289 e. The minimum atomic E-state index is -4.14. The summed E-state index contributed by atoms with van der Waals surface area (Å²) in [5.74, 6) is 4.71. The lowest BCUT2D eigenvalue weighted by molar-refractivity contribution is -0.130. The maximum Gasteiger partial charge on any atom is 0.269 e. The molecule has 8 heteroatoms. The van der Waals surface area contributed by atoms with Crippen LogP contribution in [0.25, 0.3) is 0 Å². The second kappa shape index (κ2) is 8.60. The van der Waals surface area contributed by atoms with Crippen LogP contribution in [0.5, 0.6) is 0 Å². The Labute approximate surface area is 157 Å². The molecule has 2 rings (SSSR count). The number of likely N-dealkylation sites (N-methyl/N-ethyl adjacent to an activating group) is 1. The zero-order chi connectivity index (χ0) is 20.0. The first kappa shape index (κ1) is 20.3. The number of sulfonamides is 1. The monoisotopic (exact) mass is 385 g/mol. The van der Waals surface area contributed by atoms with Gasteiger partial charge in [0, 0.05) is 18.2 Å². The molecule has 7 nitrogen and oxygen atoms in total. The Hall–Kier alpha value is -2.99. The summed E-state index contributed by atoms with van der Waals surface area (Å²) < 4.78 is 25.6. The SMILES string of the molecule is Cc1ccc(C#Cc2ccc(S(=O)(=O)N(C)[C@@H]([C]=O)C(=O)NO)cc2)cc1. The van der Waals surface area contributed by atoms with Gasteiger partial charge >= 0.3 is 0 Å². The van der Waals surface area contributed by atoms with Crippen LogP contribution in [0.15, 0.2) is 53.4 Å². The van der Waals surface area contributed by atoms with Gasteiger partial charge in [-0.1, -0.05) is 29.5 Å². The van der Waals surface area contributed by atoms with E-state index in [1.54, 1.807) is 0 Å². The third-order valence-corrected chi connectivity index (χ3v) is 5.60. The van der Waals surface area contributed by atoms with Crippen LogP contribution in [0.2, 0.25) is 0 Å². The molecule has 1 atom stereocenters. The molecule has 0 spiro atoms. The number of benzene rings is 2. The molecule has 2 aromatic carbocycles. The first-order chi connectivity index (χ1) is 12.8. The van der Waals surface area contributed by atoms with Crippen molar-refractivity contribution in [2.24, 2.45) is 0 Å². The molecular weight excluding hydrogens is 368 g/mol. The lowest BCUT2D eigenvalue weighted by atomic mass is 10.1. The quantitative estimate of drug-likeness (QED) is 0.346. The van der Waals surface area contributed by atoms with Gasteiger partial charge in [0.2, 0.25) is 16.3 Å². The highest BCUT2D eigenvalue weighted by atomic mass is 32.2. The fourth-order valence-electron chi connectivity index (χ4n) is 2.15. The van der Waals surface area contributed by atoms with Crippen LogP contribution in [0.1, 0.15) is 16.7 Å². The van der Waals surface area contributed by atoms with Crippen molar-refractivity contribution < 1.29 is 23.2 Å². The summed E-state index contributed by atoms with van der Waals surface area (Å²) in [5, 5.41) is 8.61. The topological polar surface area (TPSA) is 104 Å². The Morgan fingerprint density at radius 1 is 1.04 bits per heavy atom. The number of nitrogens with one attached hydrogen (secondary N) is 1. The smallest absolute Gasteiger partial charge is 0.269 e. The molecule has 139 valence electrons. The largest absolute Gasteiger partial charge is 0.289 e. The standard InChI is InChI=1S/C19H17N2O5S/c1-14-3-5-15(6-4-14)7-8-16-9-11-17(12-10-16)27(25,26)21(2)18(13-22)19(23)20-24/h3-6,9-12,18,24H,1-2H3,(H,20,23)/t18-/m0/s1. The number of hydrogen-bond donors (Lipinski definition) is 2. The van der Waals surface area contributed by atoms with Gasteiger partial charge in [0.1, 0.15) is 0 Å². The summed E-state index contributed by atoms with van der Waals surface area (Å²) in [5.41, 5.74) is 3.80. The van der Waals surface area contributed by atoms with Gasteiger partial charge < -0.3 is 0 Å². The molecule has 0 saturated carbocycles. The fourth-order valence-corrected chi connectivity index (χ4v) is 3.38. The Morgan fingerprint density at radius 2 is 1.52 bits per heavy atom. The van der Waals surface area contributed by atoms with Crippen molar-refractivity contribution in [3.63, 3.8) is 0 Å². The van der Waals surface area contributed by atoms with E-state index in [-0.39, 0.29) is 4.90 Å². The van der Waals surface area contributed by atoms with Crippen LogP contribution < -0.4 is 5.48 Å². The summed E-state index contributed by atoms with van der Waals surface area (Å²) in [7, 11) is -3.10. The highest BCUT2D eigenvalue weighted by Crippen LogP contribution is 2.17. The Morgan fingerprint density at radius 3 is 1.96 bits per heavy atom. The van der Waals surface area contributed by atoms with Crippen LogP contribution in [0.4, 0.5) is 0 Å². The van der Waals surface area contributed by atoms with Crippen LogP contribution >= 0.6 is 0 Å². The number of carbonyl (C=O) groups is 1. The number of nitrogens with zero attached hydrogens (tertiary/aromatic N) is 1. The molecule has 1 radical (unpaired) electrons. The number of aryl methyl sites for hydroxylation is 1. The summed E-state index contributed by atoms with van der Waals surface area (Å²) in [6, 6.07) is 11.5. The molecule has 2 N–H and O–H groups in total. The predicted octanol–water partition coefficient (Wildman–Crippen LogP) is 0.999. The number of rotatable bonds is 5. The Kier molecular flexibility index (Phi) is 6.47. The van der Waals surface area contributed by atoms with Crippen molar-refractivity contribution in [1.29, 1.82) is 0 Å². The van der Waals surface area contributed by atoms with E-state index >= 15 is 0 Å². The van der Waals surface area contributed by atoms with E-state index in [0.717, 1.165) is 18.2 Å². The van der Waals surface area contributed by atoms with Crippen LogP contribution in [0, 0.1) is 18.8 Å². The molecule has 2 aromatic rings. The second-order valence-corrected chi connectivity index (χ2v) is 7.66. The minimum absolute atomic E-state index is 0.128. The van der Waals surface area contributed by atoms with Crippen molar-refractivity contribution in [2.45, 2.75) is 17.9 Å². The van der Waals surface area contributed by atoms with Crippen LogP contribution in [-0.2, 0) is 19.6 Å². The van der Waals surface area contributed by atoms with Gasteiger partial charge in [-0.05, 0) is 43.3 Å². The van der Waals surface area contributed by atoms with E-state index in [4.69, 9.17) is 5.21 Å². The van der Waals surface area contributed by atoms with E-state index in [1.165, 1.54) is 36.0 Å². The fraction of sp³-hybridized carbons (Fsp3) is 0.158. The normalized spacial score (nSPS) is 12.0. The van der Waals surface area contributed by atoms with Crippen molar-refractivity contribution in [3.05, 3.63) is 65.2 Å².